The van der Waals surface area contributed by atoms with Crippen LogP contribution < -0.4 is 0 Å². The van der Waals surface area contributed by atoms with Crippen LogP contribution in [0.1, 0.15) is 17.0 Å². The van der Waals surface area contributed by atoms with Crippen LogP contribution in [0.5, 0.6) is 0 Å². The number of benzene rings is 2. The molecule has 0 aliphatic carbocycles. The van der Waals surface area contributed by atoms with Crippen molar-refractivity contribution in [1.82, 2.24) is 25.1 Å². The third kappa shape index (κ3) is 2.88. The van der Waals surface area contributed by atoms with Crippen LogP contribution in [0.4, 0.5) is 0 Å². The van der Waals surface area contributed by atoms with Crippen LogP contribution in [0.2, 0.25) is 0 Å². The summed E-state index contributed by atoms with van der Waals surface area (Å²) < 4.78 is 0.467. The Morgan fingerprint density at radius 2 is 1.88 bits per heavy atom. The minimum Gasteiger partial charge on any atom is -0.342 e. The van der Waals surface area contributed by atoms with Gasteiger partial charge in [0.05, 0.1) is 11.0 Å². The largest absolute Gasteiger partial charge is 0.342 e. The highest BCUT2D eigenvalue weighted by atomic mass is 32.1. The number of nitrogens with zero attached hydrogens (tertiary/aromatic N) is 2. The van der Waals surface area contributed by atoms with Crippen molar-refractivity contribution in [2.45, 2.75) is 19.8 Å². The zero-order valence-corrected chi connectivity index (χ0v) is 14.1. The van der Waals surface area contributed by atoms with E-state index in [9.17, 15) is 0 Å². The Labute approximate surface area is 144 Å². The summed E-state index contributed by atoms with van der Waals surface area (Å²) in [6.07, 6.45) is 1.79. The summed E-state index contributed by atoms with van der Waals surface area (Å²) in [6.45, 7) is 2.13. The fourth-order valence-electron chi connectivity index (χ4n) is 2.87. The molecule has 0 unspecified atom stereocenters. The average molecular weight is 335 g/mol. The number of imidazole rings is 1. The highest BCUT2D eigenvalue weighted by molar-refractivity contribution is 7.71. The number of fused-ring (bicyclic) bond motifs is 1. The number of aryl methyl sites for hydroxylation is 3. The topological polar surface area (TPSA) is 73.2 Å². The molecule has 2 aromatic heterocycles. The van der Waals surface area contributed by atoms with Gasteiger partial charge in [0.1, 0.15) is 5.82 Å². The fraction of sp³-hybridized carbons (Fsp3) is 0.167. The molecule has 5 nitrogen and oxygen atoms in total. The lowest BCUT2D eigenvalue weighted by Gasteiger charge is -2.07. The smallest absolute Gasteiger partial charge is 0.213 e. The molecule has 0 atom stereocenters. The van der Waals surface area contributed by atoms with Gasteiger partial charge in [0.25, 0.3) is 0 Å². The molecule has 0 fully saturated rings. The Kier molecular flexibility index (Phi) is 3.74. The van der Waals surface area contributed by atoms with Crippen molar-refractivity contribution in [1.29, 1.82) is 0 Å². The Morgan fingerprint density at radius 1 is 1.00 bits per heavy atom. The van der Waals surface area contributed by atoms with E-state index in [4.69, 9.17) is 12.2 Å². The first kappa shape index (κ1) is 14.8. The summed E-state index contributed by atoms with van der Waals surface area (Å²) in [6, 6.07) is 14.5. The zero-order chi connectivity index (χ0) is 16.5. The fourth-order valence-corrected chi connectivity index (χ4v) is 3.01. The second-order valence-corrected chi connectivity index (χ2v) is 6.24. The highest BCUT2D eigenvalue weighted by Crippen LogP contribution is 2.20. The number of aromatic amines is 3. The van der Waals surface area contributed by atoms with E-state index in [1.165, 1.54) is 11.1 Å². The van der Waals surface area contributed by atoms with Crippen molar-refractivity contribution in [3.05, 3.63) is 64.2 Å². The van der Waals surface area contributed by atoms with Crippen molar-refractivity contribution in [3.8, 4) is 11.4 Å². The molecule has 4 rings (SSSR count). The lowest BCUT2D eigenvalue weighted by molar-refractivity contribution is 0.884. The Morgan fingerprint density at radius 3 is 2.67 bits per heavy atom. The number of rotatable bonds is 4. The van der Waals surface area contributed by atoms with Gasteiger partial charge in [0.15, 0.2) is 5.82 Å². The van der Waals surface area contributed by atoms with Crippen LogP contribution in [0.15, 0.2) is 42.5 Å². The van der Waals surface area contributed by atoms with Gasteiger partial charge in [-0.05, 0) is 54.9 Å². The number of para-hydroxylation sites is 2. The normalized spacial score (nSPS) is 11.2. The minimum absolute atomic E-state index is 0.467. The van der Waals surface area contributed by atoms with Gasteiger partial charge in [-0.15, -0.1) is 0 Å². The van der Waals surface area contributed by atoms with Crippen LogP contribution in [-0.2, 0) is 12.8 Å². The van der Waals surface area contributed by atoms with E-state index in [-0.39, 0.29) is 0 Å². The first-order valence-electron chi connectivity index (χ1n) is 7.87. The Bertz CT molecular complexity index is 1020. The van der Waals surface area contributed by atoms with E-state index in [2.05, 4.69) is 56.3 Å². The van der Waals surface area contributed by atoms with Crippen LogP contribution in [-0.4, -0.2) is 25.1 Å². The van der Waals surface area contributed by atoms with E-state index in [0.29, 0.717) is 4.77 Å². The number of nitrogens with one attached hydrogen (secondary N) is 3. The summed E-state index contributed by atoms with van der Waals surface area (Å²) in [4.78, 5) is 12.3. The Hall–Kier alpha value is -2.73. The monoisotopic (exact) mass is 335 g/mol. The second kappa shape index (κ2) is 6.05. The molecule has 3 N–H and O–H groups in total. The van der Waals surface area contributed by atoms with Crippen molar-refractivity contribution >= 4 is 23.3 Å². The summed E-state index contributed by atoms with van der Waals surface area (Å²) in [5.41, 5.74) is 5.69. The third-order valence-electron chi connectivity index (χ3n) is 4.19. The molecule has 2 heterocycles. The molecule has 0 aliphatic rings. The summed E-state index contributed by atoms with van der Waals surface area (Å²) >= 11 is 5.03. The maximum Gasteiger partial charge on any atom is 0.213 e. The molecule has 0 saturated carbocycles. The van der Waals surface area contributed by atoms with E-state index in [1.807, 2.05) is 18.2 Å². The molecule has 4 aromatic rings. The van der Waals surface area contributed by atoms with Gasteiger partial charge in [-0.3, -0.25) is 10.2 Å². The van der Waals surface area contributed by atoms with Gasteiger partial charge >= 0.3 is 0 Å². The second-order valence-electron chi connectivity index (χ2n) is 5.86. The molecular formula is C18H17N5S. The molecule has 0 amide bonds. The maximum absolute atomic E-state index is 5.03. The lowest BCUT2D eigenvalue weighted by atomic mass is 10.0. The van der Waals surface area contributed by atoms with Crippen molar-refractivity contribution in [2.24, 2.45) is 0 Å². The molecule has 120 valence electrons. The molecule has 0 spiro atoms. The third-order valence-corrected chi connectivity index (χ3v) is 4.39. The molecule has 0 saturated heterocycles. The SMILES string of the molecule is Cc1ccc(-c2nc(=S)[nH][nH]2)cc1CCc1nc2ccccc2[nH]1. The van der Waals surface area contributed by atoms with Crippen molar-refractivity contribution < 1.29 is 0 Å². The first-order chi connectivity index (χ1) is 11.7. The van der Waals surface area contributed by atoms with Crippen LogP contribution >= 0.6 is 12.2 Å². The van der Waals surface area contributed by atoms with Gasteiger partial charge in [-0.2, -0.15) is 4.98 Å². The molecular weight excluding hydrogens is 318 g/mol. The summed E-state index contributed by atoms with van der Waals surface area (Å²) in [5, 5.41) is 5.84. The quantitative estimate of drug-likeness (QED) is 0.492. The lowest BCUT2D eigenvalue weighted by Crippen LogP contribution is -1.97. The van der Waals surface area contributed by atoms with E-state index in [1.54, 1.807) is 0 Å². The van der Waals surface area contributed by atoms with Gasteiger partial charge in [0.2, 0.25) is 4.77 Å². The molecule has 0 radical (unpaired) electrons. The molecule has 0 bridgehead atoms. The number of H-pyrrole nitrogens is 3. The number of hydrogen-bond donors (Lipinski definition) is 3. The van der Waals surface area contributed by atoms with Crippen LogP contribution in [0.25, 0.3) is 22.4 Å². The van der Waals surface area contributed by atoms with Crippen molar-refractivity contribution in [2.75, 3.05) is 0 Å². The minimum atomic E-state index is 0.467. The van der Waals surface area contributed by atoms with Gasteiger partial charge < -0.3 is 4.98 Å². The van der Waals surface area contributed by atoms with E-state index < -0.39 is 0 Å². The highest BCUT2D eigenvalue weighted by Gasteiger charge is 2.07. The van der Waals surface area contributed by atoms with Gasteiger partial charge in [0, 0.05) is 12.0 Å². The molecule has 2 aromatic carbocycles. The molecule has 0 aliphatic heterocycles. The van der Waals surface area contributed by atoms with Gasteiger partial charge in [-0.25, -0.2) is 4.98 Å². The first-order valence-corrected chi connectivity index (χ1v) is 8.28. The van der Waals surface area contributed by atoms with Crippen LogP contribution in [0, 0.1) is 11.7 Å². The maximum atomic E-state index is 5.03. The molecule has 24 heavy (non-hydrogen) atoms. The Balaban J connectivity index is 1.58. The van der Waals surface area contributed by atoms with Crippen LogP contribution in [0.3, 0.4) is 0 Å². The predicted molar refractivity (Wildman–Crippen MR) is 97.4 cm³/mol. The summed E-state index contributed by atoms with van der Waals surface area (Å²) in [5.74, 6) is 1.78. The number of aromatic nitrogens is 5. The zero-order valence-electron chi connectivity index (χ0n) is 13.3. The van der Waals surface area contributed by atoms with E-state index >= 15 is 0 Å². The van der Waals surface area contributed by atoms with E-state index in [0.717, 1.165) is 41.1 Å². The van der Waals surface area contributed by atoms with Crippen molar-refractivity contribution in [3.63, 3.8) is 0 Å². The van der Waals surface area contributed by atoms with Gasteiger partial charge in [-0.1, -0.05) is 24.3 Å². The molecule has 6 heteroatoms. The standard InChI is InChI=1S/C18H17N5S/c1-11-6-7-13(17-21-18(24)23-22-17)10-12(11)8-9-16-19-14-4-2-3-5-15(14)20-16/h2-7,10H,8-9H2,1H3,(H,19,20)(H2,21,22,23,24). The predicted octanol–water partition coefficient (Wildman–Crippen LogP) is 4.10. The average Bonchev–Trinajstić information content (AvgIpc) is 3.20. The summed E-state index contributed by atoms with van der Waals surface area (Å²) in [7, 11) is 0. The number of hydrogen-bond acceptors (Lipinski definition) is 3.